The van der Waals surface area contributed by atoms with Gasteiger partial charge in [0.25, 0.3) is 0 Å². The smallest absolute Gasteiger partial charge is 0.341 e. The molecule has 0 N–H and O–H groups in total. The second kappa shape index (κ2) is 5.33. The number of piperazine rings is 1. The summed E-state index contributed by atoms with van der Waals surface area (Å²) in [7, 11) is 3.50. The van der Waals surface area contributed by atoms with Crippen molar-refractivity contribution in [1.82, 2.24) is 9.80 Å². The van der Waals surface area contributed by atoms with Crippen molar-refractivity contribution in [3.63, 3.8) is 0 Å². The summed E-state index contributed by atoms with van der Waals surface area (Å²) in [4.78, 5) is 16.1. The number of ether oxygens (including phenoxy) is 1. The summed E-state index contributed by atoms with van der Waals surface area (Å²) < 4.78 is 10.1. The van der Waals surface area contributed by atoms with Crippen LogP contribution in [0.25, 0.3) is 0 Å². The van der Waals surface area contributed by atoms with Crippen LogP contribution in [0.4, 0.5) is 0 Å². The van der Waals surface area contributed by atoms with Crippen LogP contribution in [0.15, 0.2) is 16.7 Å². The normalized spacial score (nSPS) is 18.2. The Kier molecular flexibility index (Phi) is 3.81. The number of methoxy groups -OCH3 is 1. The second-order valence-electron chi connectivity index (χ2n) is 4.33. The highest BCUT2D eigenvalue weighted by atomic mass is 16.5. The fourth-order valence-electron chi connectivity index (χ4n) is 1.96. The third-order valence-electron chi connectivity index (χ3n) is 3.11. The number of hydrogen-bond acceptors (Lipinski definition) is 5. The van der Waals surface area contributed by atoms with Gasteiger partial charge in [-0.05, 0) is 13.1 Å². The first-order valence-electron chi connectivity index (χ1n) is 5.76. The van der Waals surface area contributed by atoms with E-state index in [1.54, 1.807) is 6.07 Å². The van der Waals surface area contributed by atoms with E-state index in [1.165, 1.54) is 13.4 Å². The Bertz CT molecular complexity index is 381. The zero-order valence-corrected chi connectivity index (χ0v) is 10.3. The third kappa shape index (κ3) is 2.87. The summed E-state index contributed by atoms with van der Waals surface area (Å²) >= 11 is 0. The van der Waals surface area contributed by atoms with Crippen molar-refractivity contribution in [1.29, 1.82) is 0 Å². The molecule has 0 aromatic carbocycles. The van der Waals surface area contributed by atoms with E-state index in [4.69, 9.17) is 9.15 Å². The molecule has 0 radical (unpaired) electrons. The highest BCUT2D eigenvalue weighted by Crippen LogP contribution is 2.15. The average Bonchev–Trinajstić information content (AvgIpc) is 2.79. The number of nitrogens with zero attached hydrogens (tertiary/aromatic N) is 2. The van der Waals surface area contributed by atoms with E-state index in [2.05, 4.69) is 16.8 Å². The molecule has 1 aromatic rings. The van der Waals surface area contributed by atoms with Crippen molar-refractivity contribution in [2.45, 2.75) is 6.54 Å². The van der Waals surface area contributed by atoms with E-state index in [-0.39, 0.29) is 5.97 Å². The van der Waals surface area contributed by atoms with Crippen LogP contribution in [0.5, 0.6) is 0 Å². The molecular formula is C12H18N2O3. The molecule has 0 saturated carbocycles. The van der Waals surface area contributed by atoms with Crippen LogP contribution < -0.4 is 0 Å². The lowest BCUT2D eigenvalue weighted by atomic mass is 10.2. The lowest BCUT2D eigenvalue weighted by Gasteiger charge is -2.31. The van der Waals surface area contributed by atoms with Crippen LogP contribution >= 0.6 is 0 Å². The topological polar surface area (TPSA) is 45.9 Å². The van der Waals surface area contributed by atoms with Crippen molar-refractivity contribution in [3.8, 4) is 0 Å². The number of carbonyl (C=O) groups is 1. The Hall–Kier alpha value is -1.33. The van der Waals surface area contributed by atoms with Gasteiger partial charge in [0, 0.05) is 26.2 Å². The van der Waals surface area contributed by atoms with Gasteiger partial charge in [-0.25, -0.2) is 4.79 Å². The highest BCUT2D eigenvalue weighted by molar-refractivity contribution is 5.90. The minimum Gasteiger partial charge on any atom is -0.467 e. The number of carbonyl (C=O) groups excluding carboxylic acids is 1. The standard InChI is InChI=1S/C12H18N2O3/c1-13-4-6-14(7-5-13)9-11-10(3-8-17-11)12(15)16-2/h3,8H,4-7,9H2,1-2H3. The number of hydrogen-bond donors (Lipinski definition) is 0. The van der Waals surface area contributed by atoms with Gasteiger partial charge in [0.15, 0.2) is 0 Å². The Morgan fingerprint density at radius 2 is 2.12 bits per heavy atom. The molecule has 5 nitrogen and oxygen atoms in total. The van der Waals surface area contributed by atoms with Crippen molar-refractivity contribution < 1.29 is 13.9 Å². The average molecular weight is 238 g/mol. The quantitative estimate of drug-likeness (QED) is 0.729. The number of esters is 1. The molecule has 2 heterocycles. The predicted octanol–water partition coefficient (Wildman–Crippen LogP) is 0.814. The number of rotatable bonds is 3. The molecule has 0 aliphatic carbocycles. The first-order valence-corrected chi connectivity index (χ1v) is 5.76. The minimum absolute atomic E-state index is 0.331. The lowest BCUT2D eigenvalue weighted by Crippen LogP contribution is -2.44. The van der Waals surface area contributed by atoms with E-state index in [0.29, 0.717) is 17.9 Å². The molecule has 0 amide bonds. The molecule has 0 spiro atoms. The van der Waals surface area contributed by atoms with Crippen molar-refractivity contribution in [2.24, 2.45) is 0 Å². The second-order valence-corrected chi connectivity index (χ2v) is 4.33. The molecule has 1 aromatic heterocycles. The van der Waals surface area contributed by atoms with E-state index in [9.17, 15) is 4.79 Å². The molecule has 0 bridgehead atoms. The summed E-state index contributed by atoms with van der Waals surface area (Å²) in [6.07, 6.45) is 1.54. The van der Waals surface area contributed by atoms with Crippen molar-refractivity contribution in [2.75, 3.05) is 40.3 Å². The van der Waals surface area contributed by atoms with Crippen LogP contribution in [0.2, 0.25) is 0 Å². The van der Waals surface area contributed by atoms with Gasteiger partial charge in [0.2, 0.25) is 0 Å². The Labute approximate surface area is 101 Å². The largest absolute Gasteiger partial charge is 0.467 e. The zero-order chi connectivity index (χ0) is 12.3. The zero-order valence-electron chi connectivity index (χ0n) is 10.3. The first-order chi connectivity index (χ1) is 8.20. The van der Waals surface area contributed by atoms with E-state index in [1.807, 2.05) is 0 Å². The predicted molar refractivity (Wildman–Crippen MR) is 62.8 cm³/mol. The van der Waals surface area contributed by atoms with Gasteiger partial charge in [0.05, 0.1) is 19.9 Å². The van der Waals surface area contributed by atoms with Crippen LogP contribution in [0.1, 0.15) is 16.1 Å². The maximum absolute atomic E-state index is 11.5. The van der Waals surface area contributed by atoms with Crippen LogP contribution in [-0.4, -0.2) is 56.1 Å². The van der Waals surface area contributed by atoms with E-state index in [0.717, 1.165) is 26.2 Å². The maximum Gasteiger partial charge on any atom is 0.341 e. The highest BCUT2D eigenvalue weighted by Gasteiger charge is 2.20. The SMILES string of the molecule is COC(=O)c1ccoc1CN1CCN(C)CC1. The van der Waals surface area contributed by atoms with Crippen molar-refractivity contribution >= 4 is 5.97 Å². The molecule has 0 atom stereocenters. The van der Waals surface area contributed by atoms with Crippen LogP contribution in [0.3, 0.4) is 0 Å². The summed E-state index contributed by atoms with van der Waals surface area (Å²) in [6.45, 7) is 4.77. The fraction of sp³-hybridized carbons (Fsp3) is 0.583. The summed E-state index contributed by atoms with van der Waals surface area (Å²) in [5.41, 5.74) is 0.534. The monoisotopic (exact) mass is 238 g/mol. The van der Waals surface area contributed by atoms with Gasteiger partial charge in [-0.3, -0.25) is 4.90 Å². The van der Waals surface area contributed by atoms with Crippen LogP contribution in [0, 0.1) is 0 Å². The maximum atomic E-state index is 11.5. The molecule has 17 heavy (non-hydrogen) atoms. The van der Waals surface area contributed by atoms with Gasteiger partial charge in [0.1, 0.15) is 11.3 Å². The molecule has 1 saturated heterocycles. The molecular weight excluding hydrogens is 220 g/mol. The first kappa shape index (κ1) is 12.1. The molecule has 2 rings (SSSR count). The van der Waals surface area contributed by atoms with Gasteiger partial charge < -0.3 is 14.1 Å². The molecule has 1 aliphatic rings. The summed E-state index contributed by atoms with van der Waals surface area (Å²) in [6, 6.07) is 1.66. The Morgan fingerprint density at radius 3 is 2.76 bits per heavy atom. The molecule has 94 valence electrons. The van der Waals surface area contributed by atoms with Gasteiger partial charge in [-0.2, -0.15) is 0 Å². The third-order valence-corrected chi connectivity index (χ3v) is 3.11. The Morgan fingerprint density at radius 1 is 1.41 bits per heavy atom. The van der Waals surface area contributed by atoms with Crippen molar-refractivity contribution in [3.05, 3.63) is 23.7 Å². The summed E-state index contributed by atoms with van der Waals surface area (Å²) in [5, 5.41) is 0. The van der Waals surface area contributed by atoms with Gasteiger partial charge in [-0.15, -0.1) is 0 Å². The fourth-order valence-corrected chi connectivity index (χ4v) is 1.96. The molecule has 0 unspecified atom stereocenters. The minimum atomic E-state index is -0.331. The summed E-state index contributed by atoms with van der Waals surface area (Å²) in [5.74, 6) is 0.365. The van der Waals surface area contributed by atoms with E-state index < -0.39 is 0 Å². The van der Waals surface area contributed by atoms with Gasteiger partial charge in [-0.1, -0.05) is 0 Å². The molecule has 5 heteroatoms. The van der Waals surface area contributed by atoms with Crippen LogP contribution in [-0.2, 0) is 11.3 Å². The number of furan rings is 1. The van der Waals surface area contributed by atoms with E-state index >= 15 is 0 Å². The molecule has 1 fully saturated rings. The van der Waals surface area contributed by atoms with Gasteiger partial charge >= 0.3 is 5.97 Å². The Balaban J connectivity index is 1.99. The molecule has 1 aliphatic heterocycles. The lowest BCUT2D eigenvalue weighted by molar-refractivity contribution is 0.0594. The number of likely N-dealkylation sites (N-methyl/N-ethyl adjacent to an activating group) is 1.